The van der Waals surface area contributed by atoms with Gasteiger partial charge in [-0.1, -0.05) is 18.6 Å². The van der Waals surface area contributed by atoms with Crippen molar-refractivity contribution >= 4 is 41.5 Å². The van der Waals surface area contributed by atoms with Crippen LogP contribution < -0.4 is 0 Å². The van der Waals surface area contributed by atoms with Crippen LogP contribution in [0.15, 0.2) is 30.3 Å². The number of hydrogen-bond acceptors (Lipinski definition) is 2. The number of piperidine rings is 1. The molecule has 23 heavy (non-hydrogen) atoms. The molecule has 1 aliphatic rings. The van der Waals surface area contributed by atoms with E-state index in [1.807, 2.05) is 0 Å². The van der Waals surface area contributed by atoms with Crippen LogP contribution >= 0.6 is 24.8 Å². The van der Waals surface area contributed by atoms with Gasteiger partial charge >= 0.3 is 0 Å². The van der Waals surface area contributed by atoms with Crippen LogP contribution in [0.5, 0.6) is 0 Å². The molecule has 4 nitrogen and oxygen atoms in total. The third-order valence-corrected chi connectivity index (χ3v) is 4.58. The number of likely N-dealkylation sites (tertiary alicyclic amines) is 1. The van der Waals surface area contributed by atoms with Crippen LogP contribution in [0, 0.1) is 6.92 Å². The van der Waals surface area contributed by atoms with Crippen molar-refractivity contribution in [2.75, 3.05) is 19.6 Å². The maximum absolute atomic E-state index is 4.64. The SMILES string of the molecule is Cc1cc2n(CCN3CCCCC3)c3ccccc3n2n1.Cl.Cl. The molecule has 2 aromatic heterocycles. The van der Waals surface area contributed by atoms with Crippen molar-refractivity contribution in [3.8, 4) is 0 Å². The quantitative estimate of drug-likeness (QED) is 0.711. The zero-order valence-electron chi connectivity index (χ0n) is 13.4. The normalized spacial score (nSPS) is 15.5. The molecule has 0 bridgehead atoms. The lowest BCUT2D eigenvalue weighted by atomic mass is 10.1. The summed E-state index contributed by atoms with van der Waals surface area (Å²) in [6, 6.07) is 10.8. The minimum atomic E-state index is 0. The first-order valence-corrected chi connectivity index (χ1v) is 7.99. The Hall–Kier alpha value is -1.23. The predicted molar refractivity (Wildman–Crippen MR) is 100 cm³/mol. The second-order valence-corrected chi connectivity index (χ2v) is 6.10. The van der Waals surface area contributed by atoms with Gasteiger partial charge in [-0.15, -0.1) is 24.8 Å². The zero-order valence-corrected chi connectivity index (χ0v) is 15.1. The molecule has 1 saturated heterocycles. The van der Waals surface area contributed by atoms with Crippen molar-refractivity contribution in [2.45, 2.75) is 32.7 Å². The van der Waals surface area contributed by atoms with E-state index in [2.05, 4.69) is 56.3 Å². The Morgan fingerprint density at radius 2 is 1.65 bits per heavy atom. The number of nitrogens with zero attached hydrogens (tertiary/aromatic N) is 4. The van der Waals surface area contributed by atoms with Crippen molar-refractivity contribution in [1.29, 1.82) is 0 Å². The molecule has 0 spiro atoms. The van der Waals surface area contributed by atoms with Crippen molar-refractivity contribution in [3.05, 3.63) is 36.0 Å². The highest BCUT2D eigenvalue weighted by atomic mass is 35.5. The second kappa shape index (κ2) is 7.56. The molecule has 3 aromatic rings. The highest BCUT2D eigenvalue weighted by Gasteiger charge is 2.14. The Bertz CT molecular complexity index is 771. The van der Waals surface area contributed by atoms with Gasteiger partial charge in [-0.05, 0) is 45.0 Å². The second-order valence-electron chi connectivity index (χ2n) is 6.10. The zero-order chi connectivity index (χ0) is 14.2. The monoisotopic (exact) mass is 354 g/mol. The number of hydrogen-bond donors (Lipinski definition) is 0. The van der Waals surface area contributed by atoms with Crippen LogP contribution in [0.4, 0.5) is 0 Å². The highest BCUT2D eigenvalue weighted by molar-refractivity contribution is 5.85. The predicted octanol–water partition coefficient (Wildman–Crippen LogP) is 3.93. The molecule has 1 aromatic carbocycles. The summed E-state index contributed by atoms with van der Waals surface area (Å²) in [5, 5.41) is 4.64. The van der Waals surface area contributed by atoms with Gasteiger partial charge in [0.1, 0.15) is 5.65 Å². The van der Waals surface area contributed by atoms with Crippen LogP contribution in [-0.2, 0) is 6.54 Å². The number of aryl methyl sites for hydroxylation is 1. The van der Waals surface area contributed by atoms with E-state index in [1.54, 1.807) is 0 Å². The number of halogens is 2. The fourth-order valence-electron chi connectivity index (χ4n) is 3.51. The number of fused-ring (bicyclic) bond motifs is 3. The number of para-hydroxylation sites is 2. The van der Waals surface area contributed by atoms with E-state index in [0.29, 0.717) is 0 Å². The Labute approximate surface area is 149 Å². The molecular weight excluding hydrogens is 331 g/mol. The Balaban J connectivity index is 0.000000960. The summed E-state index contributed by atoms with van der Waals surface area (Å²) in [5.74, 6) is 0. The molecular formula is C17H24Cl2N4. The lowest BCUT2D eigenvalue weighted by molar-refractivity contribution is 0.222. The molecule has 3 heterocycles. The molecule has 0 aliphatic carbocycles. The summed E-state index contributed by atoms with van der Waals surface area (Å²) in [5.41, 5.74) is 4.80. The Morgan fingerprint density at radius 3 is 2.39 bits per heavy atom. The summed E-state index contributed by atoms with van der Waals surface area (Å²) >= 11 is 0. The van der Waals surface area contributed by atoms with Gasteiger partial charge in [0.2, 0.25) is 0 Å². The summed E-state index contributed by atoms with van der Waals surface area (Å²) in [4.78, 5) is 2.60. The molecule has 126 valence electrons. The first-order valence-electron chi connectivity index (χ1n) is 7.99. The first-order chi connectivity index (χ1) is 10.3. The van der Waals surface area contributed by atoms with E-state index in [1.165, 1.54) is 49.0 Å². The lowest BCUT2D eigenvalue weighted by Crippen LogP contribution is -2.32. The van der Waals surface area contributed by atoms with Crippen molar-refractivity contribution in [3.63, 3.8) is 0 Å². The molecule has 0 unspecified atom stereocenters. The first kappa shape index (κ1) is 18.1. The van der Waals surface area contributed by atoms with Crippen molar-refractivity contribution in [2.24, 2.45) is 0 Å². The van der Waals surface area contributed by atoms with Gasteiger partial charge in [0.25, 0.3) is 0 Å². The summed E-state index contributed by atoms with van der Waals surface area (Å²) in [6.07, 6.45) is 4.11. The minimum absolute atomic E-state index is 0. The fourth-order valence-corrected chi connectivity index (χ4v) is 3.51. The number of aromatic nitrogens is 3. The minimum Gasteiger partial charge on any atom is -0.323 e. The highest BCUT2D eigenvalue weighted by Crippen LogP contribution is 2.21. The molecule has 6 heteroatoms. The molecule has 1 aliphatic heterocycles. The fraction of sp³-hybridized carbons (Fsp3) is 0.471. The van der Waals surface area contributed by atoms with Gasteiger partial charge in [-0.2, -0.15) is 5.10 Å². The van der Waals surface area contributed by atoms with Gasteiger partial charge in [0, 0.05) is 19.2 Å². The van der Waals surface area contributed by atoms with E-state index in [0.717, 1.165) is 18.8 Å². The number of rotatable bonds is 3. The van der Waals surface area contributed by atoms with Gasteiger partial charge in [-0.3, -0.25) is 0 Å². The third kappa shape index (κ3) is 3.35. The van der Waals surface area contributed by atoms with E-state index >= 15 is 0 Å². The third-order valence-electron chi connectivity index (χ3n) is 4.58. The molecule has 1 fully saturated rings. The van der Waals surface area contributed by atoms with E-state index in [-0.39, 0.29) is 24.8 Å². The average Bonchev–Trinajstić information content (AvgIpc) is 3.02. The summed E-state index contributed by atoms with van der Waals surface area (Å²) < 4.78 is 4.50. The van der Waals surface area contributed by atoms with Crippen LogP contribution in [-0.4, -0.2) is 38.7 Å². The molecule has 0 radical (unpaired) electrons. The maximum Gasteiger partial charge on any atom is 0.137 e. The van der Waals surface area contributed by atoms with Gasteiger partial charge < -0.3 is 9.47 Å². The Kier molecular flexibility index (Phi) is 5.95. The smallest absolute Gasteiger partial charge is 0.137 e. The van der Waals surface area contributed by atoms with Crippen LogP contribution in [0.25, 0.3) is 16.7 Å². The standard InChI is InChI=1S/C17H22N4.2ClH/c1-14-13-17-20(12-11-19-9-5-2-6-10-19)15-7-3-4-8-16(15)21(17)18-14;;/h3-4,7-8,13H,2,5-6,9-12H2,1H3;2*1H. The largest absolute Gasteiger partial charge is 0.323 e. The lowest BCUT2D eigenvalue weighted by Gasteiger charge is -2.26. The van der Waals surface area contributed by atoms with E-state index < -0.39 is 0 Å². The number of benzene rings is 1. The summed E-state index contributed by atoms with van der Waals surface area (Å²) in [7, 11) is 0. The van der Waals surface area contributed by atoms with Gasteiger partial charge in [0.15, 0.2) is 0 Å². The maximum atomic E-state index is 4.64. The molecule has 0 atom stereocenters. The summed E-state index contributed by atoms with van der Waals surface area (Å²) in [6.45, 7) is 6.76. The molecule has 0 saturated carbocycles. The molecule has 0 amide bonds. The average molecular weight is 355 g/mol. The van der Waals surface area contributed by atoms with Gasteiger partial charge in [-0.25, -0.2) is 4.52 Å². The molecule has 0 N–H and O–H groups in total. The van der Waals surface area contributed by atoms with Crippen LogP contribution in [0.2, 0.25) is 0 Å². The van der Waals surface area contributed by atoms with E-state index in [4.69, 9.17) is 0 Å². The topological polar surface area (TPSA) is 25.5 Å². The van der Waals surface area contributed by atoms with Crippen molar-refractivity contribution in [1.82, 2.24) is 19.1 Å². The Morgan fingerprint density at radius 1 is 0.957 bits per heavy atom. The van der Waals surface area contributed by atoms with E-state index in [9.17, 15) is 0 Å². The van der Waals surface area contributed by atoms with Crippen LogP contribution in [0.3, 0.4) is 0 Å². The molecule has 4 rings (SSSR count). The van der Waals surface area contributed by atoms with Crippen LogP contribution in [0.1, 0.15) is 25.0 Å². The van der Waals surface area contributed by atoms with Gasteiger partial charge in [0.05, 0.1) is 16.7 Å². The number of imidazole rings is 1. The van der Waals surface area contributed by atoms with Crippen molar-refractivity contribution < 1.29 is 0 Å².